The van der Waals surface area contributed by atoms with Crippen molar-refractivity contribution >= 4 is 11.9 Å². The summed E-state index contributed by atoms with van der Waals surface area (Å²) in [6, 6.07) is 0. The average Bonchev–Trinajstić information content (AvgIpc) is 3.20. The molecule has 4 unspecified atom stereocenters. The van der Waals surface area contributed by atoms with E-state index in [0.29, 0.717) is 12.8 Å². The molecule has 0 radical (unpaired) electrons. The van der Waals surface area contributed by atoms with Gasteiger partial charge in [-0.2, -0.15) is 0 Å². The van der Waals surface area contributed by atoms with Gasteiger partial charge in [0.25, 0.3) is 0 Å². The van der Waals surface area contributed by atoms with Crippen LogP contribution >= 0.6 is 0 Å². The molecule has 334 valence electrons. The van der Waals surface area contributed by atoms with Gasteiger partial charge in [-0.3, -0.25) is 9.59 Å². The van der Waals surface area contributed by atoms with Gasteiger partial charge in [0.15, 0.2) is 18.7 Å². The van der Waals surface area contributed by atoms with Crippen LogP contribution in [0.5, 0.6) is 0 Å². The van der Waals surface area contributed by atoms with E-state index in [1.54, 1.807) is 0 Å². The van der Waals surface area contributed by atoms with Crippen LogP contribution in [0.25, 0.3) is 0 Å². The number of hydrogen-bond donors (Lipinski definition) is 7. The lowest BCUT2D eigenvalue weighted by molar-refractivity contribution is -0.332. The van der Waals surface area contributed by atoms with E-state index in [4.69, 9.17) is 28.4 Å². The second-order valence-electron chi connectivity index (χ2n) is 15.5. The van der Waals surface area contributed by atoms with Crippen LogP contribution in [0.1, 0.15) is 149 Å². The Morgan fingerprint density at radius 1 is 0.544 bits per heavy atom. The van der Waals surface area contributed by atoms with Crippen LogP contribution in [0, 0.1) is 0 Å². The number of hydrogen-bond acceptors (Lipinski definition) is 15. The molecule has 11 atom stereocenters. The number of carbonyl (C=O) groups excluding carboxylic acids is 2. The number of aliphatic hydroxyl groups excluding tert-OH is 7. The van der Waals surface area contributed by atoms with Gasteiger partial charge < -0.3 is 64.2 Å². The molecule has 0 aromatic rings. The minimum atomic E-state index is -1.76. The number of unbranched alkanes of at least 4 members (excludes halogenated alkanes) is 16. The van der Waals surface area contributed by atoms with Crippen LogP contribution in [-0.2, 0) is 38.0 Å². The third-order valence-electron chi connectivity index (χ3n) is 10.5. The maximum Gasteiger partial charge on any atom is 0.306 e. The summed E-state index contributed by atoms with van der Waals surface area (Å²) in [6.07, 6.45) is 8.62. The summed E-state index contributed by atoms with van der Waals surface area (Å²) in [6.45, 7) is 2.49. The fourth-order valence-electron chi connectivity index (χ4n) is 6.80. The van der Waals surface area contributed by atoms with Crippen molar-refractivity contribution in [3.05, 3.63) is 12.2 Å². The van der Waals surface area contributed by atoms with Gasteiger partial charge in [-0.1, -0.05) is 109 Å². The van der Waals surface area contributed by atoms with Gasteiger partial charge in [0.2, 0.25) is 0 Å². The highest BCUT2D eigenvalue weighted by Crippen LogP contribution is 2.26. The minimum absolute atomic E-state index is 0.165. The Kier molecular flexibility index (Phi) is 28.1. The quantitative estimate of drug-likeness (QED) is 0.0290. The van der Waals surface area contributed by atoms with Crippen molar-refractivity contribution in [3.8, 4) is 0 Å². The monoisotopic (exact) mass is 821 g/mol. The number of allylic oxidation sites excluding steroid dienone is 2. The van der Waals surface area contributed by atoms with E-state index in [2.05, 4.69) is 26.0 Å². The van der Waals surface area contributed by atoms with Crippen molar-refractivity contribution < 1.29 is 73.8 Å². The molecular formula is C42H76O15. The first-order valence-corrected chi connectivity index (χ1v) is 21.8. The van der Waals surface area contributed by atoms with E-state index in [9.17, 15) is 45.3 Å². The summed E-state index contributed by atoms with van der Waals surface area (Å²) < 4.78 is 33.3. The van der Waals surface area contributed by atoms with Gasteiger partial charge in [-0.05, 0) is 38.5 Å². The molecule has 0 saturated carbocycles. The summed E-state index contributed by atoms with van der Waals surface area (Å²) in [5.74, 6) is -0.940. The van der Waals surface area contributed by atoms with Crippen LogP contribution in [0.15, 0.2) is 12.2 Å². The van der Waals surface area contributed by atoms with Gasteiger partial charge in [0.05, 0.1) is 19.8 Å². The predicted octanol–water partition coefficient (Wildman–Crippen LogP) is 3.87. The van der Waals surface area contributed by atoms with E-state index in [0.717, 1.165) is 70.6 Å². The van der Waals surface area contributed by atoms with E-state index >= 15 is 0 Å². The van der Waals surface area contributed by atoms with Crippen LogP contribution < -0.4 is 0 Å². The van der Waals surface area contributed by atoms with Crippen LogP contribution in [0.4, 0.5) is 0 Å². The molecule has 7 N–H and O–H groups in total. The van der Waals surface area contributed by atoms with E-state index in [1.165, 1.54) is 38.5 Å². The fourth-order valence-corrected chi connectivity index (χ4v) is 6.80. The number of rotatable bonds is 32. The molecule has 0 aromatic carbocycles. The number of esters is 2. The zero-order valence-electron chi connectivity index (χ0n) is 34.6. The molecule has 0 amide bonds. The number of carbonyl (C=O) groups is 2. The third kappa shape index (κ3) is 20.9. The first kappa shape index (κ1) is 51.4. The fraction of sp³-hybridized carbons (Fsp3) is 0.905. The molecule has 0 bridgehead atoms. The van der Waals surface area contributed by atoms with Crippen molar-refractivity contribution in [1.82, 2.24) is 0 Å². The van der Waals surface area contributed by atoms with Gasteiger partial charge in [-0.25, -0.2) is 0 Å². The van der Waals surface area contributed by atoms with Crippen LogP contribution in [0.3, 0.4) is 0 Å². The van der Waals surface area contributed by atoms with Gasteiger partial charge >= 0.3 is 11.9 Å². The molecular weight excluding hydrogens is 744 g/mol. The molecule has 0 aromatic heterocycles. The summed E-state index contributed by atoms with van der Waals surface area (Å²) in [5, 5.41) is 71.6. The third-order valence-corrected chi connectivity index (χ3v) is 10.5. The summed E-state index contributed by atoms with van der Waals surface area (Å²) >= 11 is 0. The Morgan fingerprint density at radius 2 is 1.00 bits per heavy atom. The lowest BCUT2D eigenvalue weighted by atomic mass is 9.98. The first-order chi connectivity index (χ1) is 27.5. The summed E-state index contributed by atoms with van der Waals surface area (Å²) in [5.41, 5.74) is 0. The standard InChI is InChI=1S/C42H76O15/c1-3-5-7-9-11-12-13-14-15-16-17-19-20-22-24-33(44)52-27-30(55-34(45)25-23-21-18-10-8-6-4-2)28-53-41-40(51)38(49)36(47)32(57-41)29-54-42-39(50)37(48)35(46)31(26-43)56-42/h13-14,30-32,35-43,46-51H,3-12,15-29H2,1-2H3/b14-13+/t30-,31-,32-,35+,36+,37?,38?,39?,40?,41-,42-/m1/s1. The molecule has 2 saturated heterocycles. The summed E-state index contributed by atoms with van der Waals surface area (Å²) in [4.78, 5) is 25.4. The van der Waals surface area contributed by atoms with E-state index in [-0.39, 0.29) is 26.1 Å². The number of aliphatic hydroxyl groups is 7. The van der Waals surface area contributed by atoms with Crippen molar-refractivity contribution in [2.24, 2.45) is 0 Å². The highest BCUT2D eigenvalue weighted by molar-refractivity contribution is 5.70. The molecule has 2 fully saturated rings. The minimum Gasteiger partial charge on any atom is -0.462 e. The molecule has 15 nitrogen and oxygen atoms in total. The Labute approximate surface area is 340 Å². The van der Waals surface area contributed by atoms with Gasteiger partial charge in [0.1, 0.15) is 55.4 Å². The Bertz CT molecular complexity index is 1060. The normalized spacial score (nSPS) is 28.4. The predicted molar refractivity (Wildman–Crippen MR) is 211 cm³/mol. The number of ether oxygens (including phenoxy) is 6. The van der Waals surface area contributed by atoms with Gasteiger partial charge in [0, 0.05) is 12.8 Å². The van der Waals surface area contributed by atoms with E-state index in [1.807, 2.05) is 0 Å². The van der Waals surface area contributed by atoms with Crippen LogP contribution in [0.2, 0.25) is 0 Å². The molecule has 2 rings (SSSR count). The lowest BCUT2D eigenvalue weighted by Crippen LogP contribution is -2.61. The molecule has 2 heterocycles. The van der Waals surface area contributed by atoms with E-state index < -0.39 is 92.7 Å². The van der Waals surface area contributed by atoms with Crippen LogP contribution in [-0.4, -0.2) is 142 Å². The Hall–Kier alpha value is -1.76. The van der Waals surface area contributed by atoms with Crippen molar-refractivity contribution in [2.75, 3.05) is 26.4 Å². The second-order valence-corrected chi connectivity index (χ2v) is 15.5. The molecule has 15 heteroatoms. The molecule has 0 aliphatic carbocycles. The smallest absolute Gasteiger partial charge is 0.306 e. The van der Waals surface area contributed by atoms with Crippen molar-refractivity contribution in [2.45, 2.75) is 216 Å². The molecule has 0 spiro atoms. The highest BCUT2D eigenvalue weighted by Gasteiger charge is 2.47. The second kappa shape index (κ2) is 31.2. The largest absolute Gasteiger partial charge is 0.462 e. The first-order valence-electron chi connectivity index (χ1n) is 21.8. The van der Waals surface area contributed by atoms with Crippen molar-refractivity contribution in [1.29, 1.82) is 0 Å². The topological polar surface area (TPSA) is 231 Å². The van der Waals surface area contributed by atoms with Gasteiger partial charge in [-0.15, -0.1) is 0 Å². The maximum absolute atomic E-state index is 12.8. The average molecular weight is 821 g/mol. The Morgan fingerprint density at radius 3 is 1.54 bits per heavy atom. The lowest BCUT2D eigenvalue weighted by Gasteiger charge is -2.42. The molecule has 2 aliphatic rings. The zero-order chi connectivity index (χ0) is 41.8. The molecule has 57 heavy (non-hydrogen) atoms. The SMILES string of the molecule is CCCCCCC/C=C/CCCCCCCC(=O)OC[C@H](CO[C@@H]1O[C@H](CO[C@@H]2O[C@H](CO)[C@H](O)C(O)C2O)[C@H](O)C(O)C1O)OC(=O)CCCCCCCCC. The Balaban J connectivity index is 1.85. The van der Waals surface area contributed by atoms with Crippen molar-refractivity contribution in [3.63, 3.8) is 0 Å². The summed E-state index contributed by atoms with van der Waals surface area (Å²) in [7, 11) is 0. The zero-order valence-corrected chi connectivity index (χ0v) is 34.6. The highest BCUT2D eigenvalue weighted by atomic mass is 16.7. The maximum atomic E-state index is 12.8. The molecule has 2 aliphatic heterocycles.